The molecule has 2 N–H and O–H groups in total. The summed E-state index contributed by atoms with van der Waals surface area (Å²) in [6.07, 6.45) is 4.59. The Morgan fingerprint density at radius 1 is 1.03 bits per heavy atom. The predicted octanol–water partition coefficient (Wildman–Crippen LogP) is 5.91. The molecular formula is C29H49N3O4. The molecule has 3 unspecified atom stereocenters. The van der Waals surface area contributed by atoms with Crippen molar-refractivity contribution >= 4 is 17.9 Å². The minimum Gasteiger partial charge on any atom is -0.444 e. The summed E-state index contributed by atoms with van der Waals surface area (Å²) in [4.78, 5) is 42.1. The van der Waals surface area contributed by atoms with Gasteiger partial charge in [-0.2, -0.15) is 0 Å². The minimum atomic E-state index is -0.803. The van der Waals surface area contributed by atoms with Crippen LogP contribution in [0.5, 0.6) is 0 Å². The highest BCUT2D eigenvalue weighted by molar-refractivity contribution is 5.92. The number of aryl methyl sites for hydroxylation is 1. The summed E-state index contributed by atoms with van der Waals surface area (Å²) in [5, 5.41) is 5.86. The van der Waals surface area contributed by atoms with Crippen LogP contribution in [0.2, 0.25) is 0 Å². The molecule has 0 bridgehead atoms. The monoisotopic (exact) mass is 503 g/mol. The number of ether oxygens (including phenoxy) is 1. The largest absolute Gasteiger partial charge is 0.444 e. The molecule has 0 aliphatic heterocycles. The highest BCUT2D eigenvalue weighted by Gasteiger charge is 2.37. The maximum absolute atomic E-state index is 14.1. The molecule has 3 atom stereocenters. The van der Waals surface area contributed by atoms with Crippen LogP contribution in [0.4, 0.5) is 4.79 Å². The standard InChI is InChI=1S/C29H49N3O4/c1-9-12-14-19-32(27(34)24(22(5)11-3)31-28(35)36-29(6,7)8)25(26(33)30-18-13-10-2)23-17-15-16-21(4)20-23/h15-17,20,22,24-25H,9-14,18-19H2,1-8H3,(H,30,33)(H,31,35). The van der Waals surface area contributed by atoms with Crippen LogP contribution in [0.25, 0.3) is 0 Å². The smallest absolute Gasteiger partial charge is 0.408 e. The Balaban J connectivity index is 3.46. The average Bonchev–Trinajstić information content (AvgIpc) is 2.80. The zero-order valence-electron chi connectivity index (χ0n) is 23.8. The molecule has 0 aliphatic carbocycles. The topological polar surface area (TPSA) is 87.7 Å². The van der Waals surface area contributed by atoms with Crippen molar-refractivity contribution in [3.05, 3.63) is 35.4 Å². The number of alkyl carbamates (subject to hydrolysis) is 1. The van der Waals surface area contributed by atoms with Crippen molar-refractivity contribution in [2.24, 2.45) is 5.92 Å². The van der Waals surface area contributed by atoms with E-state index in [4.69, 9.17) is 4.74 Å². The third kappa shape index (κ3) is 10.6. The molecule has 0 aromatic heterocycles. The minimum absolute atomic E-state index is 0.139. The lowest BCUT2D eigenvalue weighted by atomic mass is 9.95. The van der Waals surface area contributed by atoms with Crippen molar-refractivity contribution in [3.63, 3.8) is 0 Å². The second kappa shape index (κ2) is 15.5. The zero-order chi connectivity index (χ0) is 27.3. The van der Waals surface area contributed by atoms with Crippen LogP contribution in [-0.4, -0.2) is 47.5 Å². The summed E-state index contributed by atoms with van der Waals surface area (Å²) < 4.78 is 5.47. The van der Waals surface area contributed by atoms with E-state index >= 15 is 0 Å². The summed E-state index contributed by atoms with van der Waals surface area (Å²) in [6.45, 7) is 16.4. The van der Waals surface area contributed by atoms with Crippen LogP contribution in [0.3, 0.4) is 0 Å². The van der Waals surface area contributed by atoms with Gasteiger partial charge >= 0.3 is 6.09 Å². The van der Waals surface area contributed by atoms with E-state index in [0.717, 1.165) is 43.2 Å². The Hall–Kier alpha value is -2.57. The first kappa shape index (κ1) is 31.5. The van der Waals surface area contributed by atoms with Gasteiger partial charge in [0.2, 0.25) is 11.8 Å². The number of hydrogen-bond donors (Lipinski definition) is 2. The number of amides is 3. The van der Waals surface area contributed by atoms with Gasteiger partial charge in [-0.25, -0.2) is 4.79 Å². The van der Waals surface area contributed by atoms with E-state index in [2.05, 4.69) is 24.5 Å². The number of benzene rings is 1. The molecule has 0 spiro atoms. The molecule has 0 aliphatic rings. The van der Waals surface area contributed by atoms with E-state index in [1.807, 2.05) is 45.0 Å². The maximum atomic E-state index is 14.1. The third-order valence-electron chi connectivity index (χ3n) is 6.18. The quantitative estimate of drug-likeness (QED) is 0.309. The fourth-order valence-electron chi connectivity index (χ4n) is 3.99. The number of unbranched alkanes of at least 4 members (excludes halogenated alkanes) is 3. The summed E-state index contributed by atoms with van der Waals surface area (Å²) in [7, 11) is 0. The van der Waals surface area contributed by atoms with E-state index in [0.29, 0.717) is 19.5 Å². The lowest BCUT2D eigenvalue weighted by Gasteiger charge is -2.36. The molecule has 204 valence electrons. The van der Waals surface area contributed by atoms with Crippen LogP contribution < -0.4 is 10.6 Å². The Kier molecular flexibility index (Phi) is 13.6. The second-order valence-corrected chi connectivity index (χ2v) is 10.7. The Morgan fingerprint density at radius 3 is 2.25 bits per heavy atom. The molecule has 1 aromatic rings. The molecule has 36 heavy (non-hydrogen) atoms. The van der Waals surface area contributed by atoms with Gasteiger partial charge in [0.05, 0.1) is 0 Å². The Bertz CT molecular complexity index is 834. The van der Waals surface area contributed by atoms with Crippen molar-refractivity contribution in [1.82, 2.24) is 15.5 Å². The van der Waals surface area contributed by atoms with Crippen molar-refractivity contribution in [2.75, 3.05) is 13.1 Å². The Morgan fingerprint density at radius 2 is 1.69 bits per heavy atom. The van der Waals surface area contributed by atoms with Gasteiger partial charge in [0.25, 0.3) is 0 Å². The summed E-state index contributed by atoms with van der Waals surface area (Å²) in [5.41, 5.74) is 1.11. The lowest BCUT2D eigenvalue weighted by Crippen LogP contribution is -2.55. The van der Waals surface area contributed by atoms with E-state index < -0.39 is 23.8 Å². The van der Waals surface area contributed by atoms with Crippen molar-refractivity contribution < 1.29 is 19.1 Å². The van der Waals surface area contributed by atoms with Gasteiger partial charge in [0.1, 0.15) is 17.7 Å². The average molecular weight is 504 g/mol. The first-order valence-corrected chi connectivity index (χ1v) is 13.6. The van der Waals surface area contributed by atoms with Gasteiger partial charge in [0, 0.05) is 13.1 Å². The van der Waals surface area contributed by atoms with Gasteiger partial charge < -0.3 is 20.3 Å². The van der Waals surface area contributed by atoms with Crippen LogP contribution in [0.1, 0.15) is 104 Å². The van der Waals surface area contributed by atoms with Gasteiger partial charge in [-0.05, 0) is 52.0 Å². The van der Waals surface area contributed by atoms with E-state index in [9.17, 15) is 14.4 Å². The molecule has 0 saturated heterocycles. The molecule has 0 saturated carbocycles. The Labute approximate surface area is 218 Å². The molecule has 0 fully saturated rings. The van der Waals surface area contributed by atoms with Crippen molar-refractivity contribution in [2.45, 2.75) is 112 Å². The molecule has 7 nitrogen and oxygen atoms in total. The summed E-state index contributed by atoms with van der Waals surface area (Å²) in [6, 6.07) is 6.17. The van der Waals surface area contributed by atoms with Crippen molar-refractivity contribution in [3.8, 4) is 0 Å². The number of carbonyl (C=O) groups is 3. The maximum Gasteiger partial charge on any atom is 0.408 e. The predicted molar refractivity (Wildman–Crippen MR) is 146 cm³/mol. The normalized spacial score (nSPS) is 13.9. The molecule has 3 amide bonds. The first-order chi connectivity index (χ1) is 16.9. The van der Waals surface area contributed by atoms with Crippen molar-refractivity contribution in [1.29, 1.82) is 0 Å². The second-order valence-electron chi connectivity index (χ2n) is 10.7. The highest BCUT2D eigenvalue weighted by Crippen LogP contribution is 2.26. The van der Waals surface area contributed by atoms with E-state index in [1.165, 1.54) is 0 Å². The van der Waals surface area contributed by atoms with Crippen LogP contribution >= 0.6 is 0 Å². The summed E-state index contributed by atoms with van der Waals surface area (Å²) in [5.74, 6) is -0.595. The molecule has 7 heteroatoms. The van der Waals surface area contributed by atoms with Gasteiger partial charge in [0.15, 0.2) is 0 Å². The SMILES string of the molecule is CCCCCN(C(=O)C(NC(=O)OC(C)(C)C)C(C)CC)C(C(=O)NCCCC)c1cccc(C)c1. The van der Waals surface area contributed by atoms with Gasteiger partial charge in [-0.3, -0.25) is 9.59 Å². The number of rotatable bonds is 14. The fourth-order valence-corrected chi connectivity index (χ4v) is 3.99. The fraction of sp³-hybridized carbons (Fsp3) is 0.690. The molecule has 1 rings (SSSR count). The highest BCUT2D eigenvalue weighted by atomic mass is 16.6. The molecule has 0 radical (unpaired) electrons. The van der Waals surface area contributed by atoms with Crippen LogP contribution in [0, 0.1) is 12.8 Å². The van der Waals surface area contributed by atoms with Gasteiger partial charge in [-0.15, -0.1) is 0 Å². The summed E-state index contributed by atoms with van der Waals surface area (Å²) >= 11 is 0. The lowest BCUT2D eigenvalue weighted by molar-refractivity contribution is -0.143. The number of nitrogens with zero attached hydrogens (tertiary/aromatic N) is 1. The van der Waals surface area contributed by atoms with Gasteiger partial charge in [-0.1, -0.05) is 83.2 Å². The third-order valence-corrected chi connectivity index (χ3v) is 6.18. The zero-order valence-corrected chi connectivity index (χ0v) is 23.8. The molecule has 0 heterocycles. The van der Waals surface area contributed by atoms with E-state index in [-0.39, 0.29) is 17.7 Å². The molecule has 1 aromatic carbocycles. The van der Waals surface area contributed by atoms with Crippen LogP contribution in [0.15, 0.2) is 24.3 Å². The van der Waals surface area contributed by atoms with E-state index in [1.54, 1.807) is 25.7 Å². The number of hydrogen-bond acceptors (Lipinski definition) is 4. The van der Waals surface area contributed by atoms with Crippen LogP contribution in [-0.2, 0) is 14.3 Å². The number of carbonyl (C=O) groups excluding carboxylic acids is 3. The molecular weight excluding hydrogens is 454 g/mol. The first-order valence-electron chi connectivity index (χ1n) is 13.6. The number of nitrogens with one attached hydrogen (secondary N) is 2.